The fraction of sp³-hybridized carbons (Fsp3) is 0.429. The first-order valence-electron chi connectivity index (χ1n) is 6.01. The SMILES string of the molecule is Cc1cccc(NC(=O)CC2(CS)CC2)c1C#N. The second kappa shape index (κ2) is 5.03. The summed E-state index contributed by atoms with van der Waals surface area (Å²) in [5, 5.41) is 11.9. The number of anilines is 1. The minimum atomic E-state index is -0.0244. The number of benzene rings is 1. The van der Waals surface area contributed by atoms with E-state index >= 15 is 0 Å². The first-order chi connectivity index (χ1) is 8.60. The quantitative estimate of drug-likeness (QED) is 0.818. The molecule has 94 valence electrons. The predicted octanol–water partition coefficient (Wildman–Crippen LogP) is 2.91. The maximum Gasteiger partial charge on any atom is 0.224 e. The molecule has 0 radical (unpaired) electrons. The van der Waals surface area contributed by atoms with Gasteiger partial charge in [-0.1, -0.05) is 12.1 Å². The number of thiol groups is 1. The molecule has 18 heavy (non-hydrogen) atoms. The average molecular weight is 260 g/mol. The van der Waals surface area contributed by atoms with E-state index < -0.39 is 0 Å². The summed E-state index contributed by atoms with van der Waals surface area (Å²) in [5.41, 5.74) is 2.13. The Labute approximate surface area is 113 Å². The van der Waals surface area contributed by atoms with E-state index in [-0.39, 0.29) is 11.3 Å². The van der Waals surface area contributed by atoms with Crippen LogP contribution in [0.1, 0.15) is 30.4 Å². The van der Waals surface area contributed by atoms with Crippen LogP contribution >= 0.6 is 12.6 Å². The number of rotatable bonds is 4. The van der Waals surface area contributed by atoms with Gasteiger partial charge in [-0.25, -0.2) is 0 Å². The minimum absolute atomic E-state index is 0.0244. The Bertz CT molecular complexity index is 515. The number of carbonyl (C=O) groups is 1. The van der Waals surface area contributed by atoms with Crippen LogP contribution < -0.4 is 5.32 Å². The largest absolute Gasteiger partial charge is 0.325 e. The van der Waals surface area contributed by atoms with Crippen molar-refractivity contribution in [2.75, 3.05) is 11.1 Å². The molecular formula is C14H16N2OS. The molecule has 0 heterocycles. The molecular weight excluding hydrogens is 244 g/mol. The Morgan fingerprint density at radius 2 is 2.28 bits per heavy atom. The molecule has 0 saturated heterocycles. The van der Waals surface area contributed by atoms with E-state index in [2.05, 4.69) is 24.0 Å². The van der Waals surface area contributed by atoms with Gasteiger partial charge >= 0.3 is 0 Å². The molecule has 2 rings (SSSR count). The lowest BCUT2D eigenvalue weighted by Gasteiger charge is -2.13. The van der Waals surface area contributed by atoms with Crippen molar-refractivity contribution >= 4 is 24.2 Å². The lowest BCUT2D eigenvalue weighted by molar-refractivity contribution is -0.117. The number of aryl methyl sites for hydroxylation is 1. The zero-order valence-corrected chi connectivity index (χ0v) is 11.3. The number of carbonyl (C=O) groups excluding carboxylic acids is 1. The van der Waals surface area contributed by atoms with Crippen LogP contribution in [0.15, 0.2) is 18.2 Å². The van der Waals surface area contributed by atoms with E-state index in [0.717, 1.165) is 24.2 Å². The van der Waals surface area contributed by atoms with Crippen LogP contribution in [0.3, 0.4) is 0 Å². The molecule has 0 bridgehead atoms. The second-order valence-electron chi connectivity index (χ2n) is 4.99. The highest BCUT2D eigenvalue weighted by molar-refractivity contribution is 7.80. The van der Waals surface area contributed by atoms with Crippen LogP contribution in [0.4, 0.5) is 5.69 Å². The van der Waals surface area contributed by atoms with Crippen LogP contribution in [0.2, 0.25) is 0 Å². The summed E-state index contributed by atoms with van der Waals surface area (Å²) in [6.07, 6.45) is 2.64. The number of nitrogens with one attached hydrogen (secondary N) is 1. The molecule has 3 nitrogen and oxygen atoms in total. The van der Waals surface area contributed by atoms with Gasteiger partial charge in [-0.3, -0.25) is 4.79 Å². The highest BCUT2D eigenvalue weighted by atomic mass is 32.1. The summed E-state index contributed by atoms with van der Waals surface area (Å²) in [6, 6.07) is 7.61. The maximum absolute atomic E-state index is 12.0. The van der Waals surface area contributed by atoms with Crippen LogP contribution in [0.5, 0.6) is 0 Å². The molecule has 0 aliphatic heterocycles. The van der Waals surface area contributed by atoms with Crippen molar-refractivity contribution in [3.63, 3.8) is 0 Å². The standard InChI is InChI=1S/C14H16N2OS/c1-10-3-2-4-12(11(10)8-15)16-13(17)7-14(9-18)5-6-14/h2-4,18H,5-7,9H2,1H3,(H,16,17). The molecule has 1 saturated carbocycles. The van der Waals surface area contributed by atoms with Gasteiger partial charge in [0.15, 0.2) is 0 Å². The fourth-order valence-corrected chi connectivity index (χ4v) is 2.45. The van der Waals surface area contributed by atoms with Gasteiger partial charge in [-0.05, 0) is 42.6 Å². The van der Waals surface area contributed by atoms with Gasteiger partial charge < -0.3 is 5.32 Å². The molecule has 0 atom stereocenters. The second-order valence-corrected chi connectivity index (χ2v) is 5.31. The van der Waals surface area contributed by atoms with E-state index in [1.807, 2.05) is 19.1 Å². The van der Waals surface area contributed by atoms with Crippen molar-refractivity contribution in [1.82, 2.24) is 0 Å². The average Bonchev–Trinajstić information content (AvgIpc) is 3.09. The molecule has 1 fully saturated rings. The van der Waals surface area contributed by atoms with Gasteiger partial charge in [-0.15, -0.1) is 0 Å². The van der Waals surface area contributed by atoms with Gasteiger partial charge in [-0.2, -0.15) is 17.9 Å². The molecule has 1 aromatic carbocycles. The van der Waals surface area contributed by atoms with Gasteiger partial charge in [0.05, 0.1) is 11.3 Å². The van der Waals surface area contributed by atoms with Gasteiger partial charge in [0.2, 0.25) is 5.91 Å². The highest BCUT2D eigenvalue weighted by Crippen LogP contribution is 2.49. The van der Waals surface area contributed by atoms with Crippen LogP contribution in [-0.2, 0) is 4.79 Å². The number of nitrogens with zero attached hydrogens (tertiary/aromatic N) is 1. The van der Waals surface area contributed by atoms with Gasteiger partial charge in [0, 0.05) is 6.42 Å². The first kappa shape index (κ1) is 13.0. The summed E-state index contributed by atoms with van der Waals surface area (Å²) in [4.78, 5) is 12.0. The third-order valence-corrected chi connectivity index (χ3v) is 4.16. The maximum atomic E-state index is 12.0. The summed E-state index contributed by atoms with van der Waals surface area (Å²) < 4.78 is 0. The summed E-state index contributed by atoms with van der Waals surface area (Å²) >= 11 is 4.29. The molecule has 0 spiro atoms. The van der Waals surface area contributed by atoms with Crippen molar-refractivity contribution in [1.29, 1.82) is 5.26 Å². The monoisotopic (exact) mass is 260 g/mol. The Morgan fingerprint density at radius 1 is 1.56 bits per heavy atom. The number of nitriles is 1. The minimum Gasteiger partial charge on any atom is -0.325 e. The third-order valence-electron chi connectivity index (χ3n) is 3.49. The lowest BCUT2D eigenvalue weighted by atomic mass is 10.0. The molecule has 1 amide bonds. The van der Waals surface area contributed by atoms with Crippen molar-refractivity contribution in [3.05, 3.63) is 29.3 Å². The summed E-state index contributed by atoms with van der Waals surface area (Å²) in [5.74, 6) is 0.725. The van der Waals surface area contributed by atoms with Crippen molar-refractivity contribution < 1.29 is 4.79 Å². The van der Waals surface area contributed by atoms with E-state index in [1.165, 1.54) is 0 Å². The van der Waals surface area contributed by atoms with E-state index in [9.17, 15) is 4.79 Å². The van der Waals surface area contributed by atoms with Crippen LogP contribution in [0.25, 0.3) is 0 Å². The van der Waals surface area contributed by atoms with Crippen LogP contribution in [-0.4, -0.2) is 11.7 Å². The molecule has 0 unspecified atom stereocenters. The van der Waals surface area contributed by atoms with Gasteiger partial charge in [0.1, 0.15) is 6.07 Å². The normalized spacial score (nSPS) is 15.8. The van der Waals surface area contributed by atoms with Gasteiger partial charge in [0.25, 0.3) is 0 Å². The third kappa shape index (κ3) is 2.68. The Hall–Kier alpha value is -1.47. The summed E-state index contributed by atoms with van der Waals surface area (Å²) in [6.45, 7) is 1.87. The van der Waals surface area contributed by atoms with Crippen LogP contribution in [0, 0.1) is 23.7 Å². The van der Waals surface area contributed by atoms with E-state index in [1.54, 1.807) is 6.07 Å². The topological polar surface area (TPSA) is 52.9 Å². The molecule has 1 aliphatic carbocycles. The number of hydrogen-bond donors (Lipinski definition) is 2. The number of amides is 1. The lowest BCUT2D eigenvalue weighted by Crippen LogP contribution is -2.19. The smallest absolute Gasteiger partial charge is 0.224 e. The summed E-state index contributed by atoms with van der Waals surface area (Å²) in [7, 11) is 0. The predicted molar refractivity (Wildman–Crippen MR) is 74.7 cm³/mol. The highest BCUT2D eigenvalue weighted by Gasteiger charge is 2.42. The van der Waals surface area contributed by atoms with Crippen molar-refractivity contribution in [3.8, 4) is 6.07 Å². The Kier molecular flexibility index (Phi) is 3.63. The molecule has 1 aliphatic rings. The number of hydrogen-bond acceptors (Lipinski definition) is 3. The van der Waals surface area contributed by atoms with E-state index in [4.69, 9.17) is 5.26 Å². The zero-order valence-electron chi connectivity index (χ0n) is 10.4. The molecule has 4 heteroatoms. The first-order valence-corrected chi connectivity index (χ1v) is 6.64. The Morgan fingerprint density at radius 3 is 2.83 bits per heavy atom. The Balaban J connectivity index is 2.08. The van der Waals surface area contributed by atoms with Crippen molar-refractivity contribution in [2.24, 2.45) is 5.41 Å². The zero-order chi connectivity index (χ0) is 13.2. The molecule has 1 aromatic rings. The molecule has 1 N–H and O–H groups in total. The van der Waals surface area contributed by atoms with Crippen molar-refractivity contribution in [2.45, 2.75) is 26.2 Å². The fourth-order valence-electron chi connectivity index (χ4n) is 2.02. The van der Waals surface area contributed by atoms with E-state index in [0.29, 0.717) is 17.7 Å². The molecule has 0 aromatic heterocycles.